The summed E-state index contributed by atoms with van der Waals surface area (Å²) in [6.07, 6.45) is 1.91. The van der Waals surface area contributed by atoms with Crippen LogP contribution in [0.4, 0.5) is 0 Å². The summed E-state index contributed by atoms with van der Waals surface area (Å²) in [4.78, 5) is 41.0. The summed E-state index contributed by atoms with van der Waals surface area (Å²) in [5, 5.41) is 0. The van der Waals surface area contributed by atoms with Gasteiger partial charge < -0.3 is 14.4 Å². The zero-order valence-electron chi connectivity index (χ0n) is 16.5. The first kappa shape index (κ1) is 18.7. The Hall–Kier alpha value is -3.35. The van der Waals surface area contributed by atoms with Crippen molar-refractivity contribution in [2.75, 3.05) is 26.3 Å². The Morgan fingerprint density at radius 3 is 2.40 bits per heavy atom. The van der Waals surface area contributed by atoms with Gasteiger partial charge in [-0.3, -0.25) is 19.3 Å². The van der Waals surface area contributed by atoms with Crippen LogP contribution in [0, 0.1) is 0 Å². The molecule has 3 aliphatic heterocycles. The van der Waals surface area contributed by atoms with Crippen molar-refractivity contribution >= 4 is 17.7 Å². The first-order valence-corrected chi connectivity index (χ1v) is 10.3. The number of carbonyl (C=O) groups excluding carboxylic acids is 3. The van der Waals surface area contributed by atoms with Crippen LogP contribution < -0.4 is 9.47 Å². The van der Waals surface area contributed by atoms with Gasteiger partial charge in [0, 0.05) is 19.5 Å². The summed E-state index contributed by atoms with van der Waals surface area (Å²) in [5.41, 5.74) is 1.83. The fraction of sp³-hybridized carbons (Fsp3) is 0.348. The number of ether oxygens (including phenoxy) is 2. The molecule has 0 aliphatic carbocycles. The minimum Gasteiger partial charge on any atom is -0.486 e. The fourth-order valence-electron chi connectivity index (χ4n) is 4.47. The van der Waals surface area contributed by atoms with Crippen molar-refractivity contribution in [2.24, 2.45) is 0 Å². The van der Waals surface area contributed by atoms with E-state index < -0.39 is 0 Å². The van der Waals surface area contributed by atoms with Crippen molar-refractivity contribution in [1.29, 1.82) is 0 Å². The number of carbonyl (C=O) groups is 3. The molecule has 0 saturated carbocycles. The van der Waals surface area contributed by atoms with Gasteiger partial charge in [-0.2, -0.15) is 0 Å². The molecule has 0 radical (unpaired) electrons. The van der Waals surface area contributed by atoms with Gasteiger partial charge in [0.05, 0.1) is 17.2 Å². The Labute approximate surface area is 174 Å². The molecule has 3 aliphatic rings. The number of amides is 3. The third-order valence-electron chi connectivity index (χ3n) is 5.95. The smallest absolute Gasteiger partial charge is 0.261 e. The fourth-order valence-corrected chi connectivity index (χ4v) is 4.47. The minimum atomic E-state index is -0.326. The van der Waals surface area contributed by atoms with Crippen LogP contribution >= 0.6 is 0 Å². The van der Waals surface area contributed by atoms with Gasteiger partial charge in [0.1, 0.15) is 13.2 Å². The number of hydrogen-bond donors (Lipinski definition) is 0. The van der Waals surface area contributed by atoms with E-state index in [4.69, 9.17) is 9.47 Å². The van der Waals surface area contributed by atoms with Crippen LogP contribution in [0.1, 0.15) is 51.6 Å². The highest BCUT2D eigenvalue weighted by atomic mass is 16.6. The van der Waals surface area contributed by atoms with Gasteiger partial charge in [-0.1, -0.05) is 18.2 Å². The van der Waals surface area contributed by atoms with Crippen LogP contribution in [-0.2, 0) is 4.79 Å². The highest BCUT2D eigenvalue weighted by Gasteiger charge is 2.36. The Kier molecular flexibility index (Phi) is 4.65. The molecular weight excluding hydrogens is 384 g/mol. The molecule has 0 N–H and O–H groups in total. The summed E-state index contributed by atoms with van der Waals surface area (Å²) < 4.78 is 11.3. The van der Waals surface area contributed by atoms with E-state index in [0.717, 1.165) is 24.2 Å². The predicted molar refractivity (Wildman–Crippen MR) is 108 cm³/mol. The molecule has 7 nitrogen and oxygen atoms in total. The second-order valence-electron chi connectivity index (χ2n) is 7.71. The topological polar surface area (TPSA) is 76.2 Å². The summed E-state index contributed by atoms with van der Waals surface area (Å²) in [6.45, 7) is 1.82. The molecule has 1 fully saturated rings. The third kappa shape index (κ3) is 3.10. The zero-order valence-corrected chi connectivity index (χ0v) is 16.5. The van der Waals surface area contributed by atoms with Crippen molar-refractivity contribution in [3.63, 3.8) is 0 Å². The van der Waals surface area contributed by atoms with E-state index in [9.17, 15) is 14.4 Å². The Bertz CT molecular complexity index is 999. The largest absolute Gasteiger partial charge is 0.486 e. The molecule has 1 atom stereocenters. The molecular formula is C23H22N2O5. The van der Waals surface area contributed by atoms with Crippen LogP contribution in [0.2, 0.25) is 0 Å². The van der Waals surface area contributed by atoms with Crippen molar-refractivity contribution in [1.82, 2.24) is 9.80 Å². The number of nitrogens with zero attached hydrogens (tertiary/aromatic N) is 2. The van der Waals surface area contributed by atoms with E-state index in [1.165, 1.54) is 4.90 Å². The Morgan fingerprint density at radius 2 is 1.67 bits per heavy atom. The van der Waals surface area contributed by atoms with E-state index in [-0.39, 0.29) is 36.7 Å². The summed E-state index contributed by atoms with van der Waals surface area (Å²) in [6, 6.07) is 12.6. The lowest BCUT2D eigenvalue weighted by Gasteiger charge is -2.27. The number of benzene rings is 2. The molecule has 5 rings (SSSR count). The quantitative estimate of drug-likeness (QED) is 0.730. The second-order valence-corrected chi connectivity index (χ2v) is 7.71. The predicted octanol–water partition coefficient (Wildman–Crippen LogP) is 2.81. The number of hydrogen-bond acceptors (Lipinski definition) is 5. The van der Waals surface area contributed by atoms with E-state index in [2.05, 4.69) is 0 Å². The van der Waals surface area contributed by atoms with Crippen molar-refractivity contribution < 1.29 is 23.9 Å². The molecule has 30 heavy (non-hydrogen) atoms. The Balaban J connectivity index is 1.27. The van der Waals surface area contributed by atoms with Crippen molar-refractivity contribution in [3.05, 3.63) is 59.2 Å². The van der Waals surface area contributed by atoms with Gasteiger partial charge in [0.2, 0.25) is 5.91 Å². The maximum Gasteiger partial charge on any atom is 0.261 e. The van der Waals surface area contributed by atoms with Gasteiger partial charge >= 0.3 is 0 Å². The first-order chi connectivity index (χ1) is 14.6. The van der Waals surface area contributed by atoms with Gasteiger partial charge in [0.15, 0.2) is 11.5 Å². The molecule has 2 aromatic rings. The molecule has 3 amide bonds. The molecule has 2 aromatic carbocycles. The average molecular weight is 406 g/mol. The van der Waals surface area contributed by atoms with Gasteiger partial charge in [-0.25, -0.2) is 0 Å². The number of fused-ring (bicyclic) bond motifs is 2. The van der Waals surface area contributed by atoms with Crippen LogP contribution in [0.25, 0.3) is 0 Å². The number of likely N-dealkylation sites (tertiary alicyclic amines) is 1. The maximum absolute atomic E-state index is 13.0. The van der Waals surface area contributed by atoms with Gasteiger partial charge in [-0.05, 0) is 42.7 Å². The highest BCUT2D eigenvalue weighted by molar-refractivity contribution is 6.21. The highest BCUT2D eigenvalue weighted by Crippen LogP contribution is 2.38. The van der Waals surface area contributed by atoms with Gasteiger partial charge in [0.25, 0.3) is 11.8 Å². The third-order valence-corrected chi connectivity index (χ3v) is 5.95. The van der Waals surface area contributed by atoms with Crippen LogP contribution in [0.5, 0.6) is 11.5 Å². The normalized spacial score (nSPS) is 19.9. The first-order valence-electron chi connectivity index (χ1n) is 10.3. The molecule has 154 valence electrons. The Morgan fingerprint density at radius 1 is 0.967 bits per heavy atom. The molecule has 0 bridgehead atoms. The van der Waals surface area contributed by atoms with Crippen molar-refractivity contribution in [2.45, 2.75) is 25.3 Å². The molecule has 7 heteroatoms. The second kappa shape index (κ2) is 7.48. The lowest BCUT2D eigenvalue weighted by molar-refractivity contribution is -0.132. The summed E-state index contributed by atoms with van der Waals surface area (Å²) in [5.74, 6) is 0.737. The number of imide groups is 1. The van der Waals surface area contributed by atoms with Crippen LogP contribution in [-0.4, -0.2) is 53.8 Å². The van der Waals surface area contributed by atoms with Crippen LogP contribution in [0.3, 0.4) is 0 Å². The monoisotopic (exact) mass is 406 g/mol. The molecule has 0 unspecified atom stereocenters. The SMILES string of the molecule is O=C1c2ccccc2C(=O)N1CCC(=O)N1CCC[C@@H]1c1ccc2c(c1)OCCO2. The molecule has 0 spiro atoms. The van der Waals surface area contributed by atoms with E-state index in [0.29, 0.717) is 36.6 Å². The lowest BCUT2D eigenvalue weighted by atomic mass is 10.0. The average Bonchev–Trinajstić information content (AvgIpc) is 3.36. The molecule has 0 aromatic heterocycles. The summed E-state index contributed by atoms with van der Waals surface area (Å²) >= 11 is 0. The van der Waals surface area contributed by atoms with Gasteiger partial charge in [-0.15, -0.1) is 0 Å². The van der Waals surface area contributed by atoms with E-state index in [1.54, 1.807) is 24.3 Å². The number of rotatable bonds is 4. The van der Waals surface area contributed by atoms with E-state index >= 15 is 0 Å². The minimum absolute atomic E-state index is 0.0319. The molecule has 1 saturated heterocycles. The van der Waals surface area contributed by atoms with Crippen molar-refractivity contribution in [3.8, 4) is 11.5 Å². The lowest BCUT2D eigenvalue weighted by Crippen LogP contribution is -2.36. The molecule has 3 heterocycles. The zero-order chi connectivity index (χ0) is 20.7. The van der Waals surface area contributed by atoms with Crippen LogP contribution in [0.15, 0.2) is 42.5 Å². The van der Waals surface area contributed by atoms with E-state index in [1.807, 2.05) is 23.1 Å². The maximum atomic E-state index is 13.0. The summed E-state index contributed by atoms with van der Waals surface area (Å²) in [7, 11) is 0. The standard InChI is InChI=1S/C23H22N2O5/c26-21(9-11-25-22(27)16-4-1-2-5-17(16)23(25)28)24-10-3-6-18(24)15-7-8-19-20(14-15)30-13-12-29-19/h1-2,4-5,7-8,14,18H,3,6,9-13H2/t18-/m1/s1.